The van der Waals surface area contributed by atoms with E-state index in [1.807, 2.05) is 0 Å². The fourth-order valence-electron chi connectivity index (χ4n) is 1.38. The standard InChI is InChI=1S/C11H14ClFN2O/c1-7(15-11(16)6-14-2)9-4-3-8(13)5-10(9)12/h3-5,7,14H,6H2,1-2H3,(H,15,16). The Kier molecular flexibility index (Phi) is 4.71. The first kappa shape index (κ1) is 12.9. The molecule has 1 amide bonds. The molecule has 0 aromatic heterocycles. The van der Waals surface area contributed by atoms with Crippen molar-refractivity contribution in [2.45, 2.75) is 13.0 Å². The average Bonchev–Trinajstić information content (AvgIpc) is 2.17. The summed E-state index contributed by atoms with van der Waals surface area (Å²) in [6, 6.07) is 3.88. The number of benzene rings is 1. The second kappa shape index (κ2) is 5.82. The van der Waals surface area contributed by atoms with Crippen LogP contribution >= 0.6 is 11.6 Å². The third-order valence-corrected chi connectivity index (χ3v) is 2.47. The second-order valence-corrected chi connectivity index (χ2v) is 3.89. The number of carbonyl (C=O) groups excluding carboxylic acids is 1. The summed E-state index contributed by atoms with van der Waals surface area (Å²) in [5, 5.41) is 5.81. The van der Waals surface area contributed by atoms with Crippen LogP contribution in [0.15, 0.2) is 18.2 Å². The van der Waals surface area contributed by atoms with Crippen molar-refractivity contribution in [2.24, 2.45) is 0 Å². The Labute approximate surface area is 99.0 Å². The van der Waals surface area contributed by atoms with Crippen molar-refractivity contribution in [3.8, 4) is 0 Å². The Morgan fingerprint density at radius 1 is 1.56 bits per heavy atom. The smallest absolute Gasteiger partial charge is 0.234 e. The minimum atomic E-state index is -0.387. The molecule has 0 saturated carbocycles. The third-order valence-electron chi connectivity index (χ3n) is 2.14. The molecule has 0 aliphatic heterocycles. The van der Waals surface area contributed by atoms with Crippen molar-refractivity contribution in [3.05, 3.63) is 34.6 Å². The summed E-state index contributed by atoms with van der Waals surface area (Å²) in [6.45, 7) is 2.04. The first-order valence-electron chi connectivity index (χ1n) is 4.93. The van der Waals surface area contributed by atoms with E-state index in [9.17, 15) is 9.18 Å². The minimum Gasteiger partial charge on any atom is -0.348 e. The SMILES string of the molecule is CNCC(=O)NC(C)c1ccc(F)cc1Cl. The molecule has 0 radical (unpaired) electrons. The van der Waals surface area contributed by atoms with Gasteiger partial charge < -0.3 is 10.6 Å². The molecule has 1 aromatic rings. The van der Waals surface area contributed by atoms with E-state index in [0.717, 1.165) is 0 Å². The number of likely N-dealkylation sites (N-methyl/N-ethyl adjacent to an activating group) is 1. The molecule has 0 aliphatic carbocycles. The van der Waals surface area contributed by atoms with E-state index in [1.165, 1.54) is 12.1 Å². The monoisotopic (exact) mass is 244 g/mol. The Morgan fingerprint density at radius 2 is 2.25 bits per heavy atom. The van der Waals surface area contributed by atoms with Gasteiger partial charge in [0.15, 0.2) is 0 Å². The molecule has 0 bridgehead atoms. The quantitative estimate of drug-likeness (QED) is 0.849. The fraction of sp³-hybridized carbons (Fsp3) is 0.364. The van der Waals surface area contributed by atoms with Crippen LogP contribution in [0, 0.1) is 5.82 Å². The van der Waals surface area contributed by atoms with Gasteiger partial charge in [0.1, 0.15) is 5.82 Å². The number of hydrogen-bond acceptors (Lipinski definition) is 2. The minimum absolute atomic E-state index is 0.129. The summed E-state index contributed by atoms with van der Waals surface area (Å²) in [7, 11) is 1.69. The lowest BCUT2D eigenvalue weighted by Crippen LogP contribution is -2.34. The molecule has 1 aromatic carbocycles. The molecule has 3 nitrogen and oxygen atoms in total. The number of amides is 1. The van der Waals surface area contributed by atoms with Gasteiger partial charge in [0.05, 0.1) is 12.6 Å². The molecule has 2 N–H and O–H groups in total. The van der Waals surface area contributed by atoms with Crippen LogP contribution in [0.2, 0.25) is 5.02 Å². The van der Waals surface area contributed by atoms with Crippen LogP contribution in [0.1, 0.15) is 18.5 Å². The van der Waals surface area contributed by atoms with E-state index in [2.05, 4.69) is 10.6 Å². The molecule has 0 spiro atoms. The van der Waals surface area contributed by atoms with Gasteiger partial charge in [-0.1, -0.05) is 17.7 Å². The molecule has 0 aliphatic rings. The molecule has 0 saturated heterocycles. The lowest BCUT2D eigenvalue weighted by atomic mass is 10.1. The van der Waals surface area contributed by atoms with Gasteiger partial charge >= 0.3 is 0 Å². The Hall–Kier alpha value is -1.13. The van der Waals surface area contributed by atoms with Crippen molar-refractivity contribution >= 4 is 17.5 Å². The van der Waals surface area contributed by atoms with Gasteiger partial charge in [0.25, 0.3) is 0 Å². The van der Waals surface area contributed by atoms with Crippen molar-refractivity contribution in [1.82, 2.24) is 10.6 Å². The Balaban J connectivity index is 2.72. The lowest BCUT2D eigenvalue weighted by molar-refractivity contribution is -0.120. The van der Waals surface area contributed by atoms with Crippen molar-refractivity contribution in [2.75, 3.05) is 13.6 Å². The average molecular weight is 245 g/mol. The number of rotatable bonds is 4. The highest BCUT2D eigenvalue weighted by Crippen LogP contribution is 2.23. The highest BCUT2D eigenvalue weighted by molar-refractivity contribution is 6.31. The first-order chi connectivity index (χ1) is 7.54. The topological polar surface area (TPSA) is 41.1 Å². The van der Waals surface area contributed by atoms with Crippen LogP contribution in [-0.2, 0) is 4.79 Å². The van der Waals surface area contributed by atoms with Gasteiger partial charge in [-0.2, -0.15) is 0 Å². The van der Waals surface area contributed by atoms with Crippen LogP contribution < -0.4 is 10.6 Å². The van der Waals surface area contributed by atoms with Gasteiger partial charge in [-0.25, -0.2) is 4.39 Å². The zero-order chi connectivity index (χ0) is 12.1. The van der Waals surface area contributed by atoms with Crippen LogP contribution in [0.5, 0.6) is 0 Å². The largest absolute Gasteiger partial charge is 0.348 e. The van der Waals surface area contributed by atoms with E-state index in [-0.39, 0.29) is 24.3 Å². The molecule has 0 fully saturated rings. The van der Waals surface area contributed by atoms with Gasteiger partial charge in [0, 0.05) is 5.02 Å². The fourth-order valence-corrected chi connectivity index (χ4v) is 1.71. The molecule has 0 heterocycles. The van der Waals surface area contributed by atoms with E-state index in [4.69, 9.17) is 11.6 Å². The van der Waals surface area contributed by atoms with Crippen LogP contribution in [0.4, 0.5) is 4.39 Å². The van der Waals surface area contributed by atoms with E-state index in [1.54, 1.807) is 20.0 Å². The number of hydrogen-bond donors (Lipinski definition) is 2. The molecule has 5 heteroatoms. The van der Waals surface area contributed by atoms with Gasteiger partial charge in [-0.05, 0) is 31.7 Å². The van der Waals surface area contributed by atoms with Crippen LogP contribution in [-0.4, -0.2) is 19.5 Å². The molecule has 1 unspecified atom stereocenters. The van der Waals surface area contributed by atoms with Gasteiger partial charge in [0.2, 0.25) is 5.91 Å². The van der Waals surface area contributed by atoms with Crippen molar-refractivity contribution in [1.29, 1.82) is 0 Å². The van der Waals surface area contributed by atoms with E-state index < -0.39 is 0 Å². The number of halogens is 2. The lowest BCUT2D eigenvalue weighted by Gasteiger charge is -2.15. The summed E-state index contributed by atoms with van der Waals surface area (Å²) in [6.07, 6.45) is 0. The summed E-state index contributed by atoms with van der Waals surface area (Å²) in [4.78, 5) is 11.3. The second-order valence-electron chi connectivity index (χ2n) is 3.49. The molecular formula is C11H14ClFN2O. The zero-order valence-corrected chi connectivity index (χ0v) is 9.94. The third kappa shape index (κ3) is 3.47. The van der Waals surface area contributed by atoms with Gasteiger partial charge in [-0.3, -0.25) is 4.79 Å². The predicted octanol–water partition coefficient (Wildman–Crippen LogP) is 1.88. The molecule has 88 valence electrons. The van der Waals surface area contributed by atoms with Crippen molar-refractivity contribution in [3.63, 3.8) is 0 Å². The number of nitrogens with one attached hydrogen (secondary N) is 2. The van der Waals surface area contributed by atoms with Crippen molar-refractivity contribution < 1.29 is 9.18 Å². The van der Waals surface area contributed by atoms with E-state index in [0.29, 0.717) is 10.6 Å². The number of carbonyl (C=O) groups is 1. The highest BCUT2D eigenvalue weighted by atomic mass is 35.5. The predicted molar refractivity (Wildman–Crippen MR) is 61.9 cm³/mol. The maximum atomic E-state index is 12.8. The summed E-state index contributed by atoms with van der Waals surface area (Å²) < 4.78 is 12.8. The van der Waals surface area contributed by atoms with E-state index >= 15 is 0 Å². The van der Waals surface area contributed by atoms with Crippen LogP contribution in [0.25, 0.3) is 0 Å². The molecule has 1 atom stereocenters. The maximum Gasteiger partial charge on any atom is 0.234 e. The normalized spacial score (nSPS) is 12.2. The summed E-state index contributed by atoms with van der Waals surface area (Å²) in [5.74, 6) is -0.516. The van der Waals surface area contributed by atoms with Crippen LogP contribution in [0.3, 0.4) is 0 Å². The molecule has 16 heavy (non-hydrogen) atoms. The summed E-state index contributed by atoms with van der Waals surface area (Å²) >= 11 is 5.88. The molecule has 1 rings (SSSR count). The Bertz CT molecular complexity index is 384. The highest BCUT2D eigenvalue weighted by Gasteiger charge is 2.12. The Morgan fingerprint density at radius 3 is 2.81 bits per heavy atom. The first-order valence-corrected chi connectivity index (χ1v) is 5.31. The zero-order valence-electron chi connectivity index (χ0n) is 9.18. The van der Waals surface area contributed by atoms with Gasteiger partial charge in [-0.15, -0.1) is 0 Å². The molecular weight excluding hydrogens is 231 g/mol. The summed E-state index contributed by atoms with van der Waals surface area (Å²) in [5.41, 5.74) is 0.701. The maximum absolute atomic E-state index is 12.8.